The molecule has 0 aromatic heterocycles. The van der Waals surface area contributed by atoms with Crippen molar-refractivity contribution in [3.63, 3.8) is 0 Å². The molecule has 2 aliphatic rings. The largest absolute Gasteiger partial charge is 0.466 e. The lowest BCUT2D eigenvalue weighted by Crippen LogP contribution is -2.39. The minimum atomic E-state index is -1.12. The lowest BCUT2D eigenvalue weighted by atomic mass is 9.68. The van der Waals surface area contributed by atoms with Crippen LogP contribution in [0, 0.1) is 17.0 Å². The molecule has 0 saturated heterocycles. The van der Waals surface area contributed by atoms with Gasteiger partial charge in [0, 0.05) is 29.0 Å². The molecule has 1 aliphatic carbocycles. The molecule has 0 spiro atoms. The number of Topliss-reactive ketones (excluding diaryl/α,β-unsaturated/α-hetero) is 1. The molecule has 1 heterocycles. The minimum Gasteiger partial charge on any atom is -0.466 e. The van der Waals surface area contributed by atoms with Crippen LogP contribution in [0.1, 0.15) is 45.1 Å². The maximum Gasteiger partial charge on any atom is 0.336 e. The second kappa shape index (κ2) is 6.34. The molecule has 138 valence electrons. The fourth-order valence-electron chi connectivity index (χ4n) is 3.89. The smallest absolute Gasteiger partial charge is 0.336 e. The van der Waals surface area contributed by atoms with E-state index in [1.54, 1.807) is 6.92 Å². The summed E-state index contributed by atoms with van der Waals surface area (Å²) in [4.78, 5) is 25.3. The van der Waals surface area contributed by atoms with Crippen LogP contribution >= 0.6 is 0 Å². The Kier molecular flexibility index (Phi) is 4.46. The van der Waals surface area contributed by atoms with E-state index >= 15 is 0 Å². The molecule has 0 amide bonds. The molecule has 4 nitrogen and oxygen atoms in total. The molecule has 1 aromatic carbocycles. The first-order valence-electron chi connectivity index (χ1n) is 8.42. The van der Waals surface area contributed by atoms with Crippen molar-refractivity contribution in [3.8, 4) is 0 Å². The Hall–Kier alpha value is -2.50. The third-order valence-corrected chi connectivity index (χ3v) is 4.93. The Morgan fingerprint density at radius 2 is 1.85 bits per heavy atom. The zero-order valence-corrected chi connectivity index (χ0v) is 15.2. The van der Waals surface area contributed by atoms with Gasteiger partial charge in [0.1, 0.15) is 11.6 Å². The van der Waals surface area contributed by atoms with Gasteiger partial charge in [0.05, 0.1) is 18.6 Å². The molecule has 0 saturated carbocycles. The number of nitrogens with one attached hydrogen (secondary N) is 1. The zero-order valence-electron chi connectivity index (χ0n) is 15.2. The average Bonchev–Trinajstić information content (AvgIpc) is 2.52. The molecule has 0 bridgehead atoms. The van der Waals surface area contributed by atoms with E-state index in [1.165, 1.54) is 13.2 Å². The normalized spacial score (nSPS) is 22.1. The number of carbonyl (C=O) groups is 2. The number of hydrogen-bond donors (Lipinski definition) is 1. The maximum atomic E-state index is 14.6. The van der Waals surface area contributed by atoms with Gasteiger partial charge in [0.25, 0.3) is 0 Å². The van der Waals surface area contributed by atoms with Crippen molar-refractivity contribution in [3.05, 3.63) is 57.9 Å². The molecule has 1 aliphatic heterocycles. The van der Waals surface area contributed by atoms with Gasteiger partial charge in [-0.2, -0.15) is 0 Å². The number of ketones is 1. The Bertz CT molecular complexity index is 848. The monoisotopic (exact) mass is 361 g/mol. The Morgan fingerprint density at radius 3 is 2.42 bits per heavy atom. The zero-order chi connectivity index (χ0) is 19.2. The Labute approximate surface area is 150 Å². The topological polar surface area (TPSA) is 55.4 Å². The van der Waals surface area contributed by atoms with Crippen molar-refractivity contribution in [2.75, 3.05) is 7.11 Å². The van der Waals surface area contributed by atoms with Crippen LogP contribution in [-0.4, -0.2) is 18.9 Å². The molecular weight excluding hydrogens is 340 g/mol. The van der Waals surface area contributed by atoms with Crippen molar-refractivity contribution in [1.82, 2.24) is 5.32 Å². The summed E-state index contributed by atoms with van der Waals surface area (Å²) in [7, 11) is 1.20. The fourth-order valence-corrected chi connectivity index (χ4v) is 3.89. The maximum absolute atomic E-state index is 14.6. The summed E-state index contributed by atoms with van der Waals surface area (Å²) in [6.45, 7) is 5.57. The molecule has 0 fully saturated rings. The molecule has 0 unspecified atom stereocenters. The molecule has 26 heavy (non-hydrogen) atoms. The number of allylic oxidation sites excluding steroid dienone is 3. The van der Waals surface area contributed by atoms with Crippen LogP contribution in [0.4, 0.5) is 8.78 Å². The van der Waals surface area contributed by atoms with Crippen LogP contribution in [-0.2, 0) is 14.3 Å². The first kappa shape index (κ1) is 18.3. The molecule has 1 atom stereocenters. The van der Waals surface area contributed by atoms with Crippen LogP contribution in [0.2, 0.25) is 0 Å². The van der Waals surface area contributed by atoms with Gasteiger partial charge in [-0.3, -0.25) is 4.79 Å². The molecular formula is C20H21F2NO3. The number of rotatable bonds is 2. The van der Waals surface area contributed by atoms with E-state index in [4.69, 9.17) is 4.74 Å². The minimum absolute atomic E-state index is 0.0586. The summed E-state index contributed by atoms with van der Waals surface area (Å²) >= 11 is 0. The van der Waals surface area contributed by atoms with Crippen LogP contribution in [0.25, 0.3) is 0 Å². The quantitative estimate of drug-likeness (QED) is 0.816. The van der Waals surface area contributed by atoms with E-state index in [0.29, 0.717) is 17.8 Å². The Balaban J connectivity index is 2.29. The lowest BCUT2D eigenvalue weighted by molar-refractivity contribution is -0.136. The number of esters is 1. The van der Waals surface area contributed by atoms with Gasteiger partial charge in [-0.25, -0.2) is 13.6 Å². The van der Waals surface area contributed by atoms with Gasteiger partial charge < -0.3 is 10.1 Å². The SMILES string of the molecule is COC(=O)C1=C(C)NC2=C(C(=O)CC(C)(C)C2)[C@@H]1c1c(F)cccc1F. The van der Waals surface area contributed by atoms with Crippen molar-refractivity contribution in [1.29, 1.82) is 0 Å². The van der Waals surface area contributed by atoms with Gasteiger partial charge in [-0.05, 0) is 30.9 Å². The first-order chi connectivity index (χ1) is 12.2. The van der Waals surface area contributed by atoms with Gasteiger partial charge in [0.15, 0.2) is 5.78 Å². The highest BCUT2D eigenvalue weighted by Crippen LogP contribution is 2.47. The highest BCUT2D eigenvalue weighted by atomic mass is 19.1. The first-order valence-corrected chi connectivity index (χ1v) is 8.42. The van der Waals surface area contributed by atoms with Gasteiger partial charge in [-0.1, -0.05) is 19.9 Å². The average molecular weight is 361 g/mol. The number of hydrogen-bond acceptors (Lipinski definition) is 4. The van der Waals surface area contributed by atoms with Crippen LogP contribution in [0.15, 0.2) is 40.7 Å². The van der Waals surface area contributed by atoms with E-state index in [2.05, 4.69) is 5.32 Å². The van der Waals surface area contributed by atoms with E-state index in [9.17, 15) is 18.4 Å². The van der Waals surface area contributed by atoms with E-state index in [0.717, 1.165) is 12.1 Å². The van der Waals surface area contributed by atoms with Gasteiger partial charge in [0.2, 0.25) is 0 Å². The summed E-state index contributed by atoms with van der Waals surface area (Å²) in [5.41, 5.74) is 0.791. The predicted molar refractivity (Wildman–Crippen MR) is 92.0 cm³/mol. The third kappa shape index (κ3) is 2.93. The fraction of sp³-hybridized carbons (Fsp3) is 0.400. The van der Waals surface area contributed by atoms with Crippen LogP contribution in [0.3, 0.4) is 0 Å². The number of carbonyl (C=O) groups excluding carboxylic acids is 2. The third-order valence-electron chi connectivity index (χ3n) is 4.93. The second-order valence-electron chi connectivity index (χ2n) is 7.56. The molecule has 6 heteroatoms. The number of halogens is 2. The van der Waals surface area contributed by atoms with Crippen molar-refractivity contribution in [2.45, 2.75) is 39.5 Å². The van der Waals surface area contributed by atoms with E-state index in [1.807, 2.05) is 13.8 Å². The molecule has 0 radical (unpaired) electrons. The lowest BCUT2D eigenvalue weighted by Gasteiger charge is -2.39. The summed E-state index contributed by atoms with van der Waals surface area (Å²) in [6, 6.07) is 3.51. The summed E-state index contributed by atoms with van der Waals surface area (Å²) in [6.07, 6.45) is 0.792. The Morgan fingerprint density at radius 1 is 1.23 bits per heavy atom. The van der Waals surface area contributed by atoms with Gasteiger partial charge >= 0.3 is 5.97 Å². The van der Waals surface area contributed by atoms with Crippen LogP contribution < -0.4 is 5.32 Å². The number of methoxy groups -OCH3 is 1. The number of dihydropyridines is 1. The van der Waals surface area contributed by atoms with Crippen LogP contribution in [0.5, 0.6) is 0 Å². The van der Waals surface area contributed by atoms with Gasteiger partial charge in [-0.15, -0.1) is 0 Å². The summed E-state index contributed by atoms with van der Waals surface area (Å²) in [5.74, 6) is -3.65. The molecule has 1 aromatic rings. The summed E-state index contributed by atoms with van der Waals surface area (Å²) in [5, 5.41) is 3.10. The molecule has 1 N–H and O–H groups in total. The summed E-state index contributed by atoms with van der Waals surface area (Å²) < 4.78 is 34.0. The van der Waals surface area contributed by atoms with Crippen molar-refractivity contribution in [2.24, 2.45) is 5.41 Å². The highest BCUT2D eigenvalue weighted by molar-refractivity contribution is 6.04. The molecule has 3 rings (SSSR count). The number of benzene rings is 1. The standard InChI is InChI=1S/C20H21F2NO3/c1-10-15(19(25)26-4)18(16-11(21)6-5-7-12(16)22)17-13(23-10)8-20(2,3)9-14(17)24/h5-7,18,23H,8-9H2,1-4H3/t18-/m0/s1. The van der Waals surface area contributed by atoms with Crippen molar-refractivity contribution < 1.29 is 23.1 Å². The van der Waals surface area contributed by atoms with E-state index < -0.39 is 23.5 Å². The number of ether oxygens (including phenoxy) is 1. The second-order valence-corrected chi connectivity index (χ2v) is 7.56. The predicted octanol–water partition coefficient (Wildman–Crippen LogP) is 3.74. The van der Waals surface area contributed by atoms with E-state index in [-0.39, 0.29) is 34.3 Å². The van der Waals surface area contributed by atoms with Crippen molar-refractivity contribution >= 4 is 11.8 Å². The highest BCUT2D eigenvalue weighted by Gasteiger charge is 2.44.